The smallest absolute Gasteiger partial charge is 0.158 e. The molecule has 1 aliphatic carbocycles. The molecule has 14 heavy (non-hydrogen) atoms. The van der Waals surface area contributed by atoms with E-state index in [9.17, 15) is 4.79 Å². The highest BCUT2D eigenvalue weighted by molar-refractivity contribution is 6.04. The van der Waals surface area contributed by atoms with Crippen LogP contribution in [0.1, 0.15) is 30.9 Å². The molecule has 1 aromatic rings. The summed E-state index contributed by atoms with van der Waals surface area (Å²) in [6, 6.07) is 7.92. The first-order chi connectivity index (χ1) is 6.63. The van der Waals surface area contributed by atoms with Gasteiger partial charge in [0.2, 0.25) is 0 Å². The van der Waals surface area contributed by atoms with Crippen LogP contribution in [0.25, 0.3) is 5.70 Å². The summed E-state index contributed by atoms with van der Waals surface area (Å²) in [5, 5.41) is 0. The fourth-order valence-electron chi connectivity index (χ4n) is 2.15. The van der Waals surface area contributed by atoms with Crippen LogP contribution < -0.4 is 5.73 Å². The molecule has 0 heterocycles. The standard InChI is InChI=1S/C12H13NO/c1-7-9-5-3-4-6-10(9)12(13)11(7)8(2)14/h3-7H,13H2,1-2H3. The molecule has 2 heteroatoms. The molecule has 0 aliphatic heterocycles. The van der Waals surface area contributed by atoms with Crippen LogP contribution in [0.4, 0.5) is 0 Å². The van der Waals surface area contributed by atoms with Gasteiger partial charge in [0.05, 0.1) is 0 Å². The Morgan fingerprint density at radius 1 is 1.36 bits per heavy atom. The van der Waals surface area contributed by atoms with Gasteiger partial charge in [0.1, 0.15) is 0 Å². The second-order valence-corrected chi connectivity index (χ2v) is 3.69. The van der Waals surface area contributed by atoms with Gasteiger partial charge in [0.15, 0.2) is 5.78 Å². The zero-order valence-corrected chi connectivity index (χ0v) is 8.37. The number of carbonyl (C=O) groups excluding carboxylic acids is 1. The van der Waals surface area contributed by atoms with Gasteiger partial charge in [-0.15, -0.1) is 0 Å². The number of carbonyl (C=O) groups is 1. The molecule has 2 nitrogen and oxygen atoms in total. The highest BCUT2D eigenvalue weighted by Crippen LogP contribution is 2.39. The van der Waals surface area contributed by atoms with Crippen molar-refractivity contribution in [2.75, 3.05) is 0 Å². The molecule has 0 radical (unpaired) electrons. The molecule has 0 aromatic heterocycles. The van der Waals surface area contributed by atoms with Gasteiger partial charge in [0.25, 0.3) is 0 Å². The Morgan fingerprint density at radius 2 is 2.00 bits per heavy atom. The van der Waals surface area contributed by atoms with E-state index in [-0.39, 0.29) is 11.7 Å². The molecular weight excluding hydrogens is 174 g/mol. The van der Waals surface area contributed by atoms with Gasteiger partial charge < -0.3 is 5.73 Å². The maximum atomic E-state index is 11.4. The van der Waals surface area contributed by atoms with Crippen molar-refractivity contribution in [2.45, 2.75) is 19.8 Å². The van der Waals surface area contributed by atoms with Gasteiger partial charge in [-0.05, 0) is 12.5 Å². The maximum absolute atomic E-state index is 11.4. The highest BCUT2D eigenvalue weighted by atomic mass is 16.1. The number of benzene rings is 1. The number of fused-ring (bicyclic) bond motifs is 1. The van der Waals surface area contributed by atoms with Gasteiger partial charge in [-0.3, -0.25) is 4.79 Å². The van der Waals surface area contributed by atoms with Crippen molar-refractivity contribution in [1.29, 1.82) is 0 Å². The van der Waals surface area contributed by atoms with E-state index in [0.717, 1.165) is 16.7 Å². The zero-order chi connectivity index (χ0) is 10.3. The van der Waals surface area contributed by atoms with E-state index in [0.29, 0.717) is 5.70 Å². The number of Topliss-reactive ketones (excluding diaryl/α,β-unsaturated/α-hetero) is 1. The molecule has 1 atom stereocenters. The van der Waals surface area contributed by atoms with Crippen molar-refractivity contribution in [1.82, 2.24) is 0 Å². The van der Waals surface area contributed by atoms with E-state index >= 15 is 0 Å². The van der Waals surface area contributed by atoms with Crippen molar-refractivity contribution in [3.8, 4) is 0 Å². The van der Waals surface area contributed by atoms with Gasteiger partial charge in [0, 0.05) is 22.8 Å². The Kier molecular flexibility index (Phi) is 1.92. The summed E-state index contributed by atoms with van der Waals surface area (Å²) in [7, 11) is 0. The fourth-order valence-corrected chi connectivity index (χ4v) is 2.15. The first kappa shape index (κ1) is 9.00. The number of nitrogens with two attached hydrogens (primary N) is 1. The second kappa shape index (κ2) is 2.98. The normalized spacial score (nSPS) is 19.7. The lowest BCUT2D eigenvalue weighted by molar-refractivity contribution is -0.113. The quantitative estimate of drug-likeness (QED) is 0.731. The molecule has 0 saturated heterocycles. The molecule has 0 fully saturated rings. The molecule has 1 aliphatic rings. The van der Waals surface area contributed by atoms with Gasteiger partial charge >= 0.3 is 0 Å². The summed E-state index contributed by atoms with van der Waals surface area (Å²) in [4.78, 5) is 11.4. The third-order valence-corrected chi connectivity index (χ3v) is 2.82. The van der Waals surface area contributed by atoms with Crippen molar-refractivity contribution in [3.63, 3.8) is 0 Å². The lowest BCUT2D eigenvalue weighted by Gasteiger charge is -2.06. The van der Waals surface area contributed by atoms with Crippen LogP contribution in [-0.2, 0) is 4.79 Å². The average molecular weight is 187 g/mol. The molecule has 72 valence electrons. The summed E-state index contributed by atoms with van der Waals surface area (Å²) in [5.74, 6) is 0.217. The number of allylic oxidation sites excluding steroid dienone is 1. The lowest BCUT2D eigenvalue weighted by Crippen LogP contribution is -2.05. The molecule has 1 unspecified atom stereocenters. The minimum absolute atomic E-state index is 0.0752. The number of rotatable bonds is 1. The summed E-state index contributed by atoms with van der Waals surface area (Å²) >= 11 is 0. The Morgan fingerprint density at radius 3 is 2.57 bits per heavy atom. The third-order valence-electron chi connectivity index (χ3n) is 2.82. The van der Waals surface area contributed by atoms with E-state index in [1.165, 1.54) is 0 Å². The molecule has 0 spiro atoms. The zero-order valence-electron chi connectivity index (χ0n) is 8.37. The number of hydrogen-bond acceptors (Lipinski definition) is 2. The predicted molar refractivity (Wildman–Crippen MR) is 56.6 cm³/mol. The first-order valence-electron chi connectivity index (χ1n) is 4.72. The van der Waals surface area contributed by atoms with E-state index in [4.69, 9.17) is 5.73 Å². The van der Waals surface area contributed by atoms with E-state index in [1.807, 2.05) is 31.2 Å². The molecule has 0 bridgehead atoms. The predicted octanol–water partition coefficient (Wildman–Crippen LogP) is 2.06. The fraction of sp³-hybridized carbons (Fsp3) is 0.250. The second-order valence-electron chi connectivity index (χ2n) is 3.69. The Balaban J connectivity index is 2.62. The molecular formula is C12H13NO. The van der Waals surface area contributed by atoms with Gasteiger partial charge in [-0.1, -0.05) is 31.2 Å². The van der Waals surface area contributed by atoms with E-state index in [2.05, 4.69) is 0 Å². The van der Waals surface area contributed by atoms with Crippen LogP contribution in [0.3, 0.4) is 0 Å². The highest BCUT2D eigenvalue weighted by Gasteiger charge is 2.28. The summed E-state index contributed by atoms with van der Waals surface area (Å²) in [5.41, 5.74) is 9.53. The Bertz CT molecular complexity index is 432. The van der Waals surface area contributed by atoms with E-state index in [1.54, 1.807) is 6.92 Å². The molecule has 2 N–H and O–H groups in total. The SMILES string of the molecule is CC(=O)C1=C(N)c2ccccc2C1C. The summed E-state index contributed by atoms with van der Waals surface area (Å²) in [6.45, 7) is 3.60. The van der Waals surface area contributed by atoms with Crippen LogP contribution in [0, 0.1) is 0 Å². The van der Waals surface area contributed by atoms with Crippen LogP contribution in [0.5, 0.6) is 0 Å². The topological polar surface area (TPSA) is 43.1 Å². The largest absolute Gasteiger partial charge is 0.398 e. The number of hydrogen-bond donors (Lipinski definition) is 1. The Hall–Kier alpha value is -1.57. The van der Waals surface area contributed by atoms with Gasteiger partial charge in [-0.25, -0.2) is 0 Å². The maximum Gasteiger partial charge on any atom is 0.158 e. The average Bonchev–Trinajstić information content (AvgIpc) is 2.41. The molecule has 2 rings (SSSR count). The van der Waals surface area contributed by atoms with Gasteiger partial charge in [-0.2, -0.15) is 0 Å². The van der Waals surface area contributed by atoms with Crippen molar-refractivity contribution in [3.05, 3.63) is 41.0 Å². The van der Waals surface area contributed by atoms with Crippen LogP contribution >= 0.6 is 0 Å². The molecule has 1 aromatic carbocycles. The summed E-state index contributed by atoms with van der Waals surface area (Å²) in [6.07, 6.45) is 0. The lowest BCUT2D eigenvalue weighted by atomic mass is 9.96. The van der Waals surface area contributed by atoms with E-state index < -0.39 is 0 Å². The van der Waals surface area contributed by atoms with Crippen molar-refractivity contribution < 1.29 is 4.79 Å². The Labute approximate surface area is 83.4 Å². The monoisotopic (exact) mass is 187 g/mol. The van der Waals surface area contributed by atoms with Crippen LogP contribution in [-0.4, -0.2) is 5.78 Å². The minimum Gasteiger partial charge on any atom is -0.398 e. The third kappa shape index (κ3) is 1.07. The molecule has 0 saturated carbocycles. The minimum atomic E-state index is 0.0752. The van der Waals surface area contributed by atoms with Crippen molar-refractivity contribution >= 4 is 11.5 Å². The molecule has 0 amide bonds. The summed E-state index contributed by atoms with van der Waals surface area (Å²) < 4.78 is 0. The van der Waals surface area contributed by atoms with Crippen LogP contribution in [0.2, 0.25) is 0 Å². The van der Waals surface area contributed by atoms with Crippen LogP contribution in [0.15, 0.2) is 29.8 Å². The first-order valence-corrected chi connectivity index (χ1v) is 4.72. The number of ketones is 1. The van der Waals surface area contributed by atoms with Crippen molar-refractivity contribution in [2.24, 2.45) is 5.73 Å².